The van der Waals surface area contributed by atoms with E-state index in [0.717, 1.165) is 30.8 Å². The molecule has 1 aromatic heterocycles. The molecule has 0 bridgehead atoms. The Morgan fingerprint density at radius 2 is 1.95 bits per heavy atom. The van der Waals surface area contributed by atoms with Crippen LogP contribution in [0.25, 0.3) is 0 Å². The topological polar surface area (TPSA) is 32.3 Å². The first-order chi connectivity index (χ1) is 9.40. The largest absolute Gasteiger partial charge is 0.353 e. The number of hydrogen-bond donors (Lipinski definition) is 0. The van der Waals surface area contributed by atoms with Crippen LogP contribution in [0, 0.1) is 0 Å². The summed E-state index contributed by atoms with van der Waals surface area (Å²) < 4.78 is 0. The van der Waals surface area contributed by atoms with Crippen molar-refractivity contribution in [2.45, 2.75) is 24.8 Å². The van der Waals surface area contributed by atoms with E-state index in [2.05, 4.69) is 32.6 Å². The van der Waals surface area contributed by atoms with E-state index in [9.17, 15) is 0 Å². The van der Waals surface area contributed by atoms with Crippen molar-refractivity contribution in [2.75, 3.05) is 42.6 Å². The smallest absolute Gasteiger partial charge is 0.133 e. The van der Waals surface area contributed by atoms with Crippen molar-refractivity contribution in [3.05, 3.63) is 18.1 Å². The molecule has 0 amide bonds. The molecule has 0 unspecified atom stereocenters. The van der Waals surface area contributed by atoms with Gasteiger partial charge in [-0.15, -0.1) is 0 Å². The maximum atomic E-state index is 4.73. The third kappa shape index (κ3) is 2.46. The zero-order chi connectivity index (χ0) is 12.7. The Labute approximate surface area is 118 Å². The van der Waals surface area contributed by atoms with Crippen molar-refractivity contribution in [2.24, 2.45) is 0 Å². The van der Waals surface area contributed by atoms with Gasteiger partial charge in [-0.05, 0) is 18.9 Å². The van der Waals surface area contributed by atoms with E-state index in [4.69, 9.17) is 4.98 Å². The summed E-state index contributed by atoms with van der Waals surface area (Å²) in [5.41, 5.74) is 0. The van der Waals surface area contributed by atoms with Crippen molar-refractivity contribution in [1.82, 2.24) is 14.9 Å². The minimum atomic E-state index is 0.649. The Balaban J connectivity index is 1.38. The van der Waals surface area contributed by atoms with E-state index in [1.165, 1.54) is 37.4 Å². The third-order valence-corrected chi connectivity index (χ3v) is 5.29. The molecule has 2 saturated heterocycles. The molecule has 3 aliphatic rings. The molecule has 0 aromatic carbocycles. The standard InChI is InChI=1S/C14H20N4S/c1-2-11(1)14-15-4-3-13(16-14)18-9-12(10-18)17-5-7-19-8-6-17/h3-4,11-12H,1-2,5-10H2. The summed E-state index contributed by atoms with van der Waals surface area (Å²) in [5, 5.41) is 0. The lowest BCUT2D eigenvalue weighted by Crippen LogP contribution is -2.61. The minimum Gasteiger partial charge on any atom is -0.353 e. The summed E-state index contributed by atoms with van der Waals surface area (Å²) in [5.74, 6) is 5.46. The number of nitrogens with zero attached hydrogens (tertiary/aromatic N) is 4. The second-order valence-electron chi connectivity index (χ2n) is 5.75. The maximum Gasteiger partial charge on any atom is 0.133 e. The molecule has 0 spiro atoms. The summed E-state index contributed by atoms with van der Waals surface area (Å²) in [7, 11) is 0. The number of rotatable bonds is 3. The normalized spacial score (nSPS) is 25.4. The first-order valence-electron chi connectivity index (χ1n) is 7.30. The van der Waals surface area contributed by atoms with Crippen molar-refractivity contribution in [1.29, 1.82) is 0 Å². The third-order valence-electron chi connectivity index (χ3n) is 4.35. The van der Waals surface area contributed by atoms with Crippen molar-refractivity contribution in [3.8, 4) is 0 Å². The van der Waals surface area contributed by atoms with E-state index in [1.54, 1.807) is 0 Å². The molecular formula is C14H20N4S. The molecule has 3 heterocycles. The zero-order valence-electron chi connectivity index (χ0n) is 11.2. The summed E-state index contributed by atoms with van der Waals surface area (Å²) in [6, 6.07) is 2.81. The van der Waals surface area contributed by atoms with Gasteiger partial charge in [0.05, 0.1) is 0 Å². The lowest BCUT2D eigenvalue weighted by molar-refractivity contribution is 0.182. The van der Waals surface area contributed by atoms with Gasteiger partial charge in [0.2, 0.25) is 0 Å². The molecule has 4 rings (SSSR count). The lowest BCUT2D eigenvalue weighted by atomic mass is 10.1. The second-order valence-corrected chi connectivity index (χ2v) is 6.98. The van der Waals surface area contributed by atoms with Gasteiger partial charge in [0, 0.05) is 55.8 Å². The van der Waals surface area contributed by atoms with Crippen LogP contribution in [-0.2, 0) is 0 Å². The second kappa shape index (κ2) is 4.94. The molecule has 19 heavy (non-hydrogen) atoms. The van der Waals surface area contributed by atoms with E-state index < -0.39 is 0 Å². The van der Waals surface area contributed by atoms with Crippen LogP contribution < -0.4 is 4.90 Å². The number of thioether (sulfide) groups is 1. The van der Waals surface area contributed by atoms with Crippen LogP contribution >= 0.6 is 11.8 Å². The Hall–Kier alpha value is -0.810. The summed E-state index contributed by atoms with van der Waals surface area (Å²) >= 11 is 2.08. The zero-order valence-corrected chi connectivity index (χ0v) is 12.0. The molecule has 3 fully saturated rings. The average molecular weight is 276 g/mol. The van der Waals surface area contributed by atoms with Gasteiger partial charge in [0.25, 0.3) is 0 Å². The van der Waals surface area contributed by atoms with Gasteiger partial charge in [-0.1, -0.05) is 0 Å². The molecule has 1 saturated carbocycles. The molecule has 0 atom stereocenters. The van der Waals surface area contributed by atoms with Crippen LogP contribution in [0.4, 0.5) is 5.82 Å². The first-order valence-corrected chi connectivity index (χ1v) is 8.45. The van der Waals surface area contributed by atoms with Gasteiger partial charge < -0.3 is 4.90 Å². The Bertz CT molecular complexity index is 451. The van der Waals surface area contributed by atoms with Crippen LogP contribution in [0.1, 0.15) is 24.6 Å². The fourth-order valence-electron chi connectivity index (χ4n) is 2.89. The lowest BCUT2D eigenvalue weighted by Gasteiger charge is -2.47. The minimum absolute atomic E-state index is 0.649. The maximum absolute atomic E-state index is 4.73. The molecule has 0 N–H and O–H groups in total. The van der Waals surface area contributed by atoms with Crippen LogP contribution in [0.15, 0.2) is 12.3 Å². The quantitative estimate of drug-likeness (QED) is 0.837. The summed E-state index contributed by atoms with van der Waals surface area (Å²) in [4.78, 5) is 14.2. The average Bonchev–Trinajstić information content (AvgIpc) is 3.23. The highest BCUT2D eigenvalue weighted by molar-refractivity contribution is 7.99. The van der Waals surface area contributed by atoms with Crippen LogP contribution in [-0.4, -0.2) is 58.6 Å². The van der Waals surface area contributed by atoms with Gasteiger partial charge in [-0.3, -0.25) is 4.90 Å². The van der Waals surface area contributed by atoms with E-state index in [0.29, 0.717) is 5.92 Å². The van der Waals surface area contributed by atoms with E-state index >= 15 is 0 Å². The summed E-state index contributed by atoms with van der Waals surface area (Å²) in [6.45, 7) is 4.82. The number of anilines is 1. The van der Waals surface area contributed by atoms with Gasteiger partial charge in [0.15, 0.2) is 0 Å². The van der Waals surface area contributed by atoms with Crippen LogP contribution in [0.3, 0.4) is 0 Å². The van der Waals surface area contributed by atoms with Crippen molar-refractivity contribution >= 4 is 17.6 Å². The number of hydrogen-bond acceptors (Lipinski definition) is 5. The Morgan fingerprint density at radius 1 is 1.16 bits per heavy atom. The van der Waals surface area contributed by atoms with E-state index in [1.807, 2.05) is 6.20 Å². The van der Waals surface area contributed by atoms with Gasteiger partial charge in [-0.2, -0.15) is 11.8 Å². The van der Waals surface area contributed by atoms with Crippen LogP contribution in [0.5, 0.6) is 0 Å². The molecule has 1 aliphatic carbocycles. The SMILES string of the molecule is c1cc(N2CC(N3CCSCC3)C2)nc(C2CC2)n1. The van der Waals surface area contributed by atoms with Gasteiger partial charge in [-0.25, -0.2) is 9.97 Å². The predicted molar refractivity (Wildman–Crippen MR) is 78.9 cm³/mol. The molecular weight excluding hydrogens is 256 g/mol. The molecule has 2 aliphatic heterocycles. The van der Waals surface area contributed by atoms with E-state index in [-0.39, 0.29) is 0 Å². The Morgan fingerprint density at radius 3 is 2.68 bits per heavy atom. The van der Waals surface area contributed by atoms with Crippen LogP contribution in [0.2, 0.25) is 0 Å². The number of aromatic nitrogens is 2. The molecule has 0 radical (unpaired) electrons. The molecule has 102 valence electrons. The van der Waals surface area contributed by atoms with Crippen molar-refractivity contribution < 1.29 is 0 Å². The monoisotopic (exact) mass is 276 g/mol. The fourth-order valence-corrected chi connectivity index (χ4v) is 3.83. The molecule has 5 heteroatoms. The first kappa shape index (κ1) is 12.0. The molecule has 1 aromatic rings. The van der Waals surface area contributed by atoms with Gasteiger partial charge in [0.1, 0.15) is 11.6 Å². The highest BCUT2D eigenvalue weighted by Gasteiger charge is 2.34. The van der Waals surface area contributed by atoms with Gasteiger partial charge >= 0.3 is 0 Å². The molecule has 4 nitrogen and oxygen atoms in total. The highest BCUT2D eigenvalue weighted by atomic mass is 32.2. The van der Waals surface area contributed by atoms with Crippen molar-refractivity contribution in [3.63, 3.8) is 0 Å². The Kier molecular flexibility index (Phi) is 3.11. The highest BCUT2D eigenvalue weighted by Crippen LogP contribution is 2.38. The predicted octanol–water partition coefficient (Wildman–Crippen LogP) is 1.59. The summed E-state index contributed by atoms with van der Waals surface area (Å²) in [6.07, 6.45) is 4.48. The fraction of sp³-hybridized carbons (Fsp3) is 0.714.